The number of allylic oxidation sites excluding steroid dienone is 3. The molecule has 0 amide bonds. The Bertz CT molecular complexity index is 319. The van der Waals surface area contributed by atoms with Gasteiger partial charge in [-0.05, 0) is 46.6 Å². The third-order valence-electron chi connectivity index (χ3n) is 3.62. The fourth-order valence-corrected chi connectivity index (χ4v) is 1.75. The molecule has 0 aromatic rings. The predicted molar refractivity (Wildman–Crippen MR) is 77.5 cm³/mol. The van der Waals surface area contributed by atoms with Gasteiger partial charge in [-0.25, -0.2) is 0 Å². The van der Waals surface area contributed by atoms with E-state index in [1.54, 1.807) is 0 Å². The smallest absolute Gasteiger partial charge is 0.400 e. The minimum atomic E-state index is -0.279. The van der Waals surface area contributed by atoms with Crippen LogP contribution in [0.25, 0.3) is 0 Å². The number of nitrogens with one attached hydrogen (secondary N) is 1. The molecule has 0 aliphatic carbocycles. The van der Waals surface area contributed by atoms with Crippen LogP contribution in [0.5, 0.6) is 0 Å². The first kappa shape index (κ1) is 15.5. The Morgan fingerprint density at radius 3 is 2.17 bits per heavy atom. The zero-order valence-electron chi connectivity index (χ0n) is 12.5. The molecule has 18 heavy (non-hydrogen) atoms. The molecular formula is C14H26BNO2. The van der Waals surface area contributed by atoms with Gasteiger partial charge in [0.25, 0.3) is 0 Å². The van der Waals surface area contributed by atoms with Gasteiger partial charge in [-0.3, -0.25) is 0 Å². The Morgan fingerprint density at radius 2 is 1.72 bits per heavy atom. The summed E-state index contributed by atoms with van der Waals surface area (Å²) in [7, 11) is 1.67. The molecule has 0 aromatic heterocycles. The van der Waals surface area contributed by atoms with E-state index in [1.807, 2.05) is 7.05 Å². The van der Waals surface area contributed by atoms with Crippen molar-refractivity contribution in [3.05, 3.63) is 23.7 Å². The quantitative estimate of drug-likeness (QED) is 0.602. The zero-order chi connectivity index (χ0) is 13.8. The maximum absolute atomic E-state index is 6.05. The van der Waals surface area contributed by atoms with E-state index in [9.17, 15) is 0 Å². The van der Waals surface area contributed by atoms with Crippen molar-refractivity contribution in [2.75, 3.05) is 13.6 Å². The number of hydrogen-bond acceptors (Lipinski definition) is 3. The number of hydrogen-bond donors (Lipinski definition) is 1. The summed E-state index contributed by atoms with van der Waals surface area (Å²) in [5.74, 6) is 0. The third-order valence-corrected chi connectivity index (χ3v) is 3.62. The minimum Gasteiger partial charge on any atom is -0.400 e. The molecule has 4 heteroatoms. The van der Waals surface area contributed by atoms with Crippen molar-refractivity contribution in [1.29, 1.82) is 0 Å². The van der Waals surface area contributed by atoms with Crippen molar-refractivity contribution in [3.8, 4) is 0 Å². The van der Waals surface area contributed by atoms with Gasteiger partial charge in [-0.15, -0.1) is 0 Å². The summed E-state index contributed by atoms with van der Waals surface area (Å²) in [6.07, 6.45) is 7.31. The maximum atomic E-state index is 6.05. The molecule has 3 nitrogen and oxygen atoms in total. The molecule has 0 radical (unpaired) electrons. The van der Waals surface area contributed by atoms with Crippen molar-refractivity contribution >= 4 is 7.12 Å². The zero-order valence-corrected chi connectivity index (χ0v) is 12.5. The summed E-state index contributed by atoms with van der Waals surface area (Å²) in [6.45, 7) is 11.2. The van der Waals surface area contributed by atoms with Crippen LogP contribution < -0.4 is 5.32 Å². The molecule has 1 rings (SSSR count). The molecule has 1 saturated heterocycles. The first-order chi connectivity index (χ1) is 8.34. The van der Waals surface area contributed by atoms with Crippen LogP contribution >= 0.6 is 0 Å². The Morgan fingerprint density at radius 1 is 1.17 bits per heavy atom. The van der Waals surface area contributed by atoms with E-state index in [1.165, 1.54) is 0 Å². The van der Waals surface area contributed by atoms with Crippen LogP contribution in [0.2, 0.25) is 0 Å². The summed E-state index contributed by atoms with van der Waals surface area (Å²) in [5.41, 5.74) is 0.568. The largest absolute Gasteiger partial charge is 0.491 e. The topological polar surface area (TPSA) is 30.5 Å². The van der Waals surface area contributed by atoms with Gasteiger partial charge in [0.2, 0.25) is 0 Å². The highest BCUT2D eigenvalue weighted by molar-refractivity contribution is 6.54. The molecule has 1 fully saturated rings. The number of rotatable bonds is 5. The first-order valence-electron chi connectivity index (χ1n) is 6.70. The Hall–Kier alpha value is -0.575. The molecule has 1 aliphatic heterocycles. The van der Waals surface area contributed by atoms with E-state index in [2.05, 4.69) is 58.2 Å². The highest BCUT2D eigenvalue weighted by Crippen LogP contribution is 2.38. The highest BCUT2D eigenvalue weighted by Gasteiger charge is 2.52. The lowest BCUT2D eigenvalue weighted by Gasteiger charge is -2.32. The van der Waals surface area contributed by atoms with Crippen LogP contribution in [-0.4, -0.2) is 31.9 Å². The summed E-state index contributed by atoms with van der Waals surface area (Å²) >= 11 is 0. The van der Waals surface area contributed by atoms with Gasteiger partial charge in [0, 0.05) is 6.54 Å². The fraction of sp³-hybridized carbons (Fsp3) is 0.714. The Kier molecular flexibility index (Phi) is 5.20. The molecule has 0 unspecified atom stereocenters. The van der Waals surface area contributed by atoms with E-state index < -0.39 is 0 Å². The molecule has 1 aliphatic rings. The average Bonchev–Trinajstić information content (AvgIpc) is 2.47. The lowest BCUT2D eigenvalue weighted by Crippen LogP contribution is -2.41. The van der Waals surface area contributed by atoms with E-state index in [-0.39, 0.29) is 18.3 Å². The molecule has 0 aromatic carbocycles. The molecule has 0 saturated carbocycles. The normalized spacial score (nSPS) is 23.0. The Balaban J connectivity index is 2.84. The summed E-state index contributed by atoms with van der Waals surface area (Å²) in [4.78, 5) is 0. The van der Waals surface area contributed by atoms with Crippen molar-refractivity contribution in [3.63, 3.8) is 0 Å². The van der Waals surface area contributed by atoms with E-state index >= 15 is 0 Å². The second-order valence-corrected chi connectivity index (χ2v) is 5.70. The predicted octanol–water partition coefficient (Wildman–Crippen LogP) is 2.73. The van der Waals surface area contributed by atoms with Crippen LogP contribution in [0, 0.1) is 0 Å². The van der Waals surface area contributed by atoms with Crippen molar-refractivity contribution in [2.24, 2.45) is 0 Å². The van der Waals surface area contributed by atoms with Crippen molar-refractivity contribution in [2.45, 2.75) is 52.2 Å². The van der Waals surface area contributed by atoms with Crippen molar-refractivity contribution < 1.29 is 9.31 Å². The molecule has 0 atom stereocenters. The average molecular weight is 251 g/mol. The van der Waals surface area contributed by atoms with Crippen LogP contribution in [0.15, 0.2) is 23.7 Å². The molecule has 1 heterocycles. The van der Waals surface area contributed by atoms with E-state index in [4.69, 9.17) is 9.31 Å². The van der Waals surface area contributed by atoms with Gasteiger partial charge in [-0.2, -0.15) is 0 Å². The molecule has 1 N–H and O–H groups in total. The summed E-state index contributed by atoms with van der Waals surface area (Å²) < 4.78 is 12.1. The minimum absolute atomic E-state index is 0.260. The Labute approximate surface area is 112 Å². The van der Waals surface area contributed by atoms with E-state index in [0.717, 1.165) is 18.4 Å². The highest BCUT2D eigenvalue weighted by atomic mass is 16.7. The van der Waals surface area contributed by atoms with E-state index in [0.29, 0.717) is 0 Å². The van der Waals surface area contributed by atoms with Gasteiger partial charge in [0.05, 0.1) is 11.2 Å². The molecule has 0 bridgehead atoms. The standard InChI is InChI=1S/C14H26BNO2/c1-7-8-9-10-12(11-16-6)15-17-13(2,3)14(4,5)18-15/h8-10,16H,7,11H2,1-6H3/b9-8-,12-10+. The lowest BCUT2D eigenvalue weighted by molar-refractivity contribution is 0.00578. The molecular weight excluding hydrogens is 225 g/mol. The SMILES string of the molecule is CC/C=C\C=C(/CNC)B1OC(C)(C)C(C)(C)O1. The van der Waals surface area contributed by atoms with Crippen LogP contribution in [0.4, 0.5) is 0 Å². The van der Waals surface area contributed by atoms with Gasteiger partial charge in [0.1, 0.15) is 0 Å². The van der Waals surface area contributed by atoms with Crippen LogP contribution in [-0.2, 0) is 9.31 Å². The second kappa shape index (κ2) is 6.05. The second-order valence-electron chi connectivity index (χ2n) is 5.70. The van der Waals surface area contributed by atoms with Gasteiger partial charge in [-0.1, -0.05) is 25.2 Å². The van der Waals surface area contributed by atoms with Gasteiger partial charge < -0.3 is 14.6 Å². The summed E-state index contributed by atoms with van der Waals surface area (Å²) in [5, 5.41) is 3.16. The van der Waals surface area contributed by atoms with Gasteiger partial charge in [0.15, 0.2) is 0 Å². The van der Waals surface area contributed by atoms with Crippen LogP contribution in [0.1, 0.15) is 41.0 Å². The maximum Gasteiger partial charge on any atom is 0.491 e. The van der Waals surface area contributed by atoms with Crippen LogP contribution in [0.3, 0.4) is 0 Å². The number of likely N-dealkylation sites (N-methyl/N-ethyl adjacent to an activating group) is 1. The van der Waals surface area contributed by atoms with Crippen molar-refractivity contribution in [1.82, 2.24) is 5.32 Å². The summed E-state index contributed by atoms with van der Waals surface area (Å²) in [6, 6.07) is 0. The lowest BCUT2D eigenvalue weighted by atomic mass is 9.77. The fourth-order valence-electron chi connectivity index (χ4n) is 1.75. The van der Waals surface area contributed by atoms with Gasteiger partial charge >= 0.3 is 7.12 Å². The first-order valence-corrected chi connectivity index (χ1v) is 6.70. The third kappa shape index (κ3) is 3.47. The molecule has 102 valence electrons. The molecule has 0 spiro atoms. The monoisotopic (exact) mass is 251 g/mol.